The summed E-state index contributed by atoms with van der Waals surface area (Å²) in [4.78, 5) is 13.3. The third-order valence-corrected chi connectivity index (χ3v) is 3.09. The van der Waals surface area contributed by atoms with Crippen molar-refractivity contribution in [3.63, 3.8) is 0 Å². The molecular formula is C10H10N2O3. The SMILES string of the molecule is O=C1CCC2/C(=N/O)c3ccoc3CN12. The maximum atomic E-state index is 11.5. The maximum Gasteiger partial charge on any atom is 0.223 e. The van der Waals surface area contributed by atoms with E-state index in [4.69, 9.17) is 9.62 Å². The first-order valence-electron chi connectivity index (χ1n) is 4.89. The minimum absolute atomic E-state index is 0.0763. The summed E-state index contributed by atoms with van der Waals surface area (Å²) in [6.45, 7) is 0.491. The highest BCUT2D eigenvalue weighted by atomic mass is 16.4. The second-order valence-corrected chi connectivity index (χ2v) is 3.82. The molecule has 0 aromatic carbocycles. The molecule has 0 spiro atoms. The molecule has 78 valence electrons. The number of fused-ring (bicyclic) bond motifs is 2. The predicted molar refractivity (Wildman–Crippen MR) is 50.6 cm³/mol. The van der Waals surface area contributed by atoms with Crippen LogP contribution in [0.4, 0.5) is 0 Å². The fraction of sp³-hybridized carbons (Fsp3) is 0.400. The Kier molecular flexibility index (Phi) is 1.62. The zero-order valence-corrected chi connectivity index (χ0v) is 8.01. The minimum atomic E-state index is -0.0763. The molecule has 0 saturated carbocycles. The normalized spacial score (nSPS) is 26.9. The van der Waals surface area contributed by atoms with Gasteiger partial charge in [-0.3, -0.25) is 4.79 Å². The van der Waals surface area contributed by atoms with Crippen molar-refractivity contribution in [2.45, 2.75) is 25.4 Å². The van der Waals surface area contributed by atoms with Crippen LogP contribution in [0.15, 0.2) is 21.9 Å². The van der Waals surface area contributed by atoms with Crippen LogP contribution in [-0.2, 0) is 11.3 Å². The highest BCUT2D eigenvalue weighted by Crippen LogP contribution is 2.31. The van der Waals surface area contributed by atoms with E-state index >= 15 is 0 Å². The van der Waals surface area contributed by atoms with Crippen molar-refractivity contribution < 1.29 is 14.4 Å². The molecule has 1 N–H and O–H groups in total. The zero-order valence-electron chi connectivity index (χ0n) is 8.01. The largest absolute Gasteiger partial charge is 0.467 e. The molecule has 2 aliphatic heterocycles. The third-order valence-electron chi connectivity index (χ3n) is 3.09. The summed E-state index contributed by atoms with van der Waals surface area (Å²) in [5.41, 5.74) is 1.38. The fourth-order valence-corrected chi connectivity index (χ4v) is 2.36. The highest BCUT2D eigenvalue weighted by Gasteiger charge is 2.41. The number of carbonyl (C=O) groups is 1. The molecule has 15 heavy (non-hydrogen) atoms. The summed E-state index contributed by atoms with van der Waals surface area (Å²) in [6, 6.07) is 1.71. The van der Waals surface area contributed by atoms with Crippen LogP contribution >= 0.6 is 0 Å². The quantitative estimate of drug-likeness (QED) is 0.508. The van der Waals surface area contributed by atoms with Gasteiger partial charge in [0.15, 0.2) is 0 Å². The molecule has 3 heterocycles. The first kappa shape index (κ1) is 8.52. The Morgan fingerprint density at radius 3 is 3.27 bits per heavy atom. The molecule has 1 unspecified atom stereocenters. The Bertz CT molecular complexity index is 449. The van der Waals surface area contributed by atoms with Crippen molar-refractivity contribution in [1.82, 2.24) is 4.90 Å². The molecule has 2 aliphatic rings. The molecule has 3 rings (SSSR count). The molecule has 5 heteroatoms. The number of oxime groups is 1. The van der Waals surface area contributed by atoms with E-state index in [-0.39, 0.29) is 11.9 Å². The van der Waals surface area contributed by atoms with E-state index in [9.17, 15) is 4.79 Å². The maximum absolute atomic E-state index is 11.5. The van der Waals surface area contributed by atoms with Gasteiger partial charge in [0, 0.05) is 12.0 Å². The molecule has 0 radical (unpaired) electrons. The molecule has 1 atom stereocenters. The van der Waals surface area contributed by atoms with Crippen LogP contribution in [0, 0.1) is 0 Å². The van der Waals surface area contributed by atoms with Crippen molar-refractivity contribution >= 4 is 11.6 Å². The van der Waals surface area contributed by atoms with Gasteiger partial charge in [-0.05, 0) is 12.5 Å². The van der Waals surface area contributed by atoms with E-state index in [1.165, 1.54) is 0 Å². The number of nitrogens with zero attached hydrogens (tertiary/aromatic N) is 2. The van der Waals surface area contributed by atoms with Crippen molar-refractivity contribution in [1.29, 1.82) is 0 Å². The average Bonchev–Trinajstić information content (AvgIpc) is 2.83. The number of rotatable bonds is 0. The fourth-order valence-electron chi connectivity index (χ4n) is 2.36. The summed E-state index contributed by atoms with van der Waals surface area (Å²) >= 11 is 0. The Balaban J connectivity index is 2.12. The number of carbonyl (C=O) groups excluding carboxylic acids is 1. The lowest BCUT2D eigenvalue weighted by Crippen LogP contribution is -2.42. The molecular weight excluding hydrogens is 196 g/mol. The third kappa shape index (κ3) is 1.03. The van der Waals surface area contributed by atoms with E-state index in [2.05, 4.69) is 5.16 Å². The van der Waals surface area contributed by atoms with Gasteiger partial charge in [-0.15, -0.1) is 0 Å². The van der Waals surface area contributed by atoms with E-state index in [1.807, 2.05) is 0 Å². The van der Waals surface area contributed by atoms with Crippen LogP contribution in [0.5, 0.6) is 0 Å². The van der Waals surface area contributed by atoms with Gasteiger partial charge in [0.1, 0.15) is 11.5 Å². The zero-order chi connectivity index (χ0) is 10.4. The van der Waals surface area contributed by atoms with Gasteiger partial charge in [0.2, 0.25) is 5.91 Å². The van der Waals surface area contributed by atoms with Gasteiger partial charge >= 0.3 is 0 Å². The van der Waals surface area contributed by atoms with E-state index in [1.54, 1.807) is 17.2 Å². The second-order valence-electron chi connectivity index (χ2n) is 3.82. The number of amides is 1. The Labute approximate surface area is 86.0 Å². The predicted octanol–water partition coefficient (Wildman–Crippen LogP) is 0.963. The summed E-state index contributed by atoms with van der Waals surface area (Å²) in [7, 11) is 0. The first-order valence-corrected chi connectivity index (χ1v) is 4.89. The summed E-state index contributed by atoms with van der Waals surface area (Å²) in [5, 5.41) is 12.3. The van der Waals surface area contributed by atoms with Crippen molar-refractivity contribution in [3.05, 3.63) is 23.7 Å². The molecule has 1 aromatic rings. The molecule has 5 nitrogen and oxygen atoms in total. The van der Waals surface area contributed by atoms with Crippen LogP contribution in [0.25, 0.3) is 0 Å². The summed E-state index contributed by atoms with van der Waals surface area (Å²) in [6.07, 6.45) is 2.80. The molecule has 1 saturated heterocycles. The average molecular weight is 206 g/mol. The van der Waals surface area contributed by atoms with Crippen LogP contribution in [0.3, 0.4) is 0 Å². The number of hydrogen-bond acceptors (Lipinski definition) is 4. The smallest absolute Gasteiger partial charge is 0.223 e. The monoisotopic (exact) mass is 206 g/mol. The van der Waals surface area contributed by atoms with Crippen molar-refractivity contribution in [2.75, 3.05) is 0 Å². The van der Waals surface area contributed by atoms with Crippen molar-refractivity contribution in [2.24, 2.45) is 5.16 Å². The Morgan fingerprint density at radius 2 is 2.47 bits per heavy atom. The van der Waals surface area contributed by atoms with Crippen LogP contribution in [0.2, 0.25) is 0 Å². The molecule has 1 fully saturated rings. The lowest BCUT2D eigenvalue weighted by atomic mass is 9.98. The van der Waals surface area contributed by atoms with E-state index in [0.717, 1.165) is 12.0 Å². The van der Waals surface area contributed by atoms with Gasteiger partial charge in [0.05, 0.1) is 18.8 Å². The molecule has 1 amide bonds. The Hall–Kier alpha value is -1.78. The standard InChI is InChI=1S/C10H10N2O3/c13-9-2-1-7-10(11-14)6-3-4-15-8(6)5-12(7)9/h3-4,7,14H,1-2,5H2/b11-10+. The number of hydrogen-bond donors (Lipinski definition) is 1. The minimum Gasteiger partial charge on any atom is -0.467 e. The Morgan fingerprint density at radius 1 is 1.60 bits per heavy atom. The lowest BCUT2D eigenvalue weighted by molar-refractivity contribution is -0.129. The van der Waals surface area contributed by atoms with Crippen molar-refractivity contribution in [3.8, 4) is 0 Å². The molecule has 0 aliphatic carbocycles. The summed E-state index contributed by atoms with van der Waals surface area (Å²) in [5.74, 6) is 0.803. The van der Waals surface area contributed by atoms with E-state index in [0.29, 0.717) is 24.4 Å². The molecule has 1 aromatic heterocycles. The highest BCUT2D eigenvalue weighted by molar-refractivity contribution is 6.08. The molecule has 0 bridgehead atoms. The van der Waals surface area contributed by atoms with Crippen LogP contribution in [-0.4, -0.2) is 27.8 Å². The first-order chi connectivity index (χ1) is 7.31. The summed E-state index contributed by atoms with van der Waals surface area (Å²) < 4.78 is 5.26. The second kappa shape index (κ2) is 2.85. The van der Waals surface area contributed by atoms with E-state index < -0.39 is 0 Å². The van der Waals surface area contributed by atoms with Gasteiger partial charge in [-0.2, -0.15) is 0 Å². The van der Waals surface area contributed by atoms with Crippen LogP contribution < -0.4 is 0 Å². The van der Waals surface area contributed by atoms with Crippen LogP contribution in [0.1, 0.15) is 24.2 Å². The number of furan rings is 1. The van der Waals surface area contributed by atoms with Gasteiger partial charge in [0.25, 0.3) is 0 Å². The van der Waals surface area contributed by atoms with Gasteiger partial charge < -0.3 is 14.5 Å². The topological polar surface area (TPSA) is 66.0 Å². The van der Waals surface area contributed by atoms with Gasteiger partial charge in [-0.25, -0.2) is 0 Å². The van der Waals surface area contributed by atoms with Gasteiger partial charge in [-0.1, -0.05) is 5.16 Å². The lowest BCUT2D eigenvalue weighted by Gasteiger charge is -2.29.